The van der Waals surface area contributed by atoms with Crippen molar-refractivity contribution < 1.29 is 9.47 Å². The molecule has 1 aromatic rings. The fourth-order valence-corrected chi connectivity index (χ4v) is 4.48. The Hall–Kier alpha value is -0.420. The van der Waals surface area contributed by atoms with Gasteiger partial charge in [-0.3, -0.25) is 9.89 Å². The lowest BCUT2D eigenvalue weighted by Gasteiger charge is -2.32. The molecule has 8 heteroatoms. The Balaban J connectivity index is 0.00000280. The van der Waals surface area contributed by atoms with E-state index in [1.807, 2.05) is 18.4 Å². The molecule has 0 saturated carbocycles. The fraction of sp³-hybridized carbons (Fsp3) is 0.750. The van der Waals surface area contributed by atoms with Crippen molar-refractivity contribution in [2.24, 2.45) is 10.9 Å². The van der Waals surface area contributed by atoms with E-state index in [2.05, 4.69) is 38.9 Å². The Bertz CT molecular complexity index is 593. The Labute approximate surface area is 190 Å². The lowest BCUT2D eigenvalue weighted by molar-refractivity contribution is 0.0888. The van der Waals surface area contributed by atoms with E-state index in [1.54, 1.807) is 4.88 Å². The molecule has 28 heavy (non-hydrogen) atoms. The van der Waals surface area contributed by atoms with Gasteiger partial charge in [-0.05, 0) is 43.2 Å². The summed E-state index contributed by atoms with van der Waals surface area (Å²) >= 11 is 1.89. The zero-order valence-electron chi connectivity index (χ0n) is 17.1. The molecule has 6 nitrogen and oxygen atoms in total. The second kappa shape index (κ2) is 13.0. The maximum Gasteiger partial charge on any atom is 0.191 e. The van der Waals surface area contributed by atoms with Crippen molar-refractivity contribution in [2.75, 3.05) is 53.1 Å². The molecule has 1 saturated heterocycles. The first-order valence-electron chi connectivity index (χ1n) is 10.2. The summed E-state index contributed by atoms with van der Waals surface area (Å²) in [4.78, 5) is 8.45. The molecule has 160 valence electrons. The summed E-state index contributed by atoms with van der Waals surface area (Å²) in [6.45, 7) is 9.63. The highest BCUT2D eigenvalue weighted by molar-refractivity contribution is 14.0. The predicted molar refractivity (Wildman–Crippen MR) is 127 cm³/mol. The lowest BCUT2D eigenvalue weighted by atomic mass is 10.1. The Morgan fingerprint density at radius 3 is 3.14 bits per heavy atom. The van der Waals surface area contributed by atoms with E-state index in [0.717, 1.165) is 71.4 Å². The van der Waals surface area contributed by atoms with Crippen molar-refractivity contribution in [3.8, 4) is 0 Å². The van der Waals surface area contributed by atoms with E-state index in [0.29, 0.717) is 12.0 Å². The van der Waals surface area contributed by atoms with Crippen LogP contribution in [-0.4, -0.2) is 70.0 Å². The molecule has 2 unspecified atom stereocenters. The van der Waals surface area contributed by atoms with E-state index < -0.39 is 0 Å². The van der Waals surface area contributed by atoms with Crippen LogP contribution in [0.15, 0.2) is 16.4 Å². The molecule has 0 amide bonds. The smallest absolute Gasteiger partial charge is 0.191 e. The van der Waals surface area contributed by atoms with Crippen LogP contribution in [0.2, 0.25) is 0 Å². The summed E-state index contributed by atoms with van der Waals surface area (Å²) in [7, 11) is 1.83. The van der Waals surface area contributed by atoms with Gasteiger partial charge >= 0.3 is 0 Å². The van der Waals surface area contributed by atoms with E-state index >= 15 is 0 Å². The summed E-state index contributed by atoms with van der Waals surface area (Å²) in [6, 6.07) is 2.75. The molecule has 2 aliphatic rings. The average Bonchev–Trinajstić information content (AvgIpc) is 3.37. The Kier molecular flexibility index (Phi) is 11.1. The van der Waals surface area contributed by atoms with E-state index in [1.165, 1.54) is 12.0 Å². The van der Waals surface area contributed by atoms with E-state index in [4.69, 9.17) is 9.47 Å². The highest BCUT2D eigenvalue weighted by Crippen LogP contribution is 2.24. The van der Waals surface area contributed by atoms with Gasteiger partial charge in [-0.1, -0.05) is 0 Å². The van der Waals surface area contributed by atoms with Crippen LogP contribution in [0.25, 0.3) is 0 Å². The molecule has 2 atom stereocenters. The molecule has 0 aliphatic carbocycles. The van der Waals surface area contributed by atoms with Gasteiger partial charge in [-0.25, -0.2) is 0 Å². The second-order valence-electron chi connectivity index (χ2n) is 7.48. The normalized spacial score (nSPS) is 21.1. The molecule has 1 aromatic heterocycles. The summed E-state index contributed by atoms with van der Waals surface area (Å²) in [5.74, 6) is 1.47. The van der Waals surface area contributed by atoms with Crippen molar-refractivity contribution in [3.63, 3.8) is 0 Å². The molecule has 3 heterocycles. The number of nitrogens with one attached hydrogen (secondary N) is 2. The quantitative estimate of drug-likeness (QED) is 0.226. The summed E-state index contributed by atoms with van der Waals surface area (Å²) in [5, 5.41) is 9.06. The van der Waals surface area contributed by atoms with Crippen molar-refractivity contribution in [1.82, 2.24) is 15.5 Å². The fourth-order valence-electron chi connectivity index (χ4n) is 3.59. The first kappa shape index (κ1) is 23.9. The van der Waals surface area contributed by atoms with Gasteiger partial charge in [0.1, 0.15) is 0 Å². The number of hydrogen-bond donors (Lipinski definition) is 2. The summed E-state index contributed by atoms with van der Waals surface area (Å²) in [6.07, 6.45) is 3.30. The van der Waals surface area contributed by atoms with Crippen molar-refractivity contribution in [3.05, 3.63) is 21.9 Å². The lowest BCUT2D eigenvalue weighted by Crippen LogP contribution is -2.47. The molecule has 1 fully saturated rings. The van der Waals surface area contributed by atoms with Crippen molar-refractivity contribution in [2.45, 2.75) is 38.8 Å². The van der Waals surface area contributed by atoms with Gasteiger partial charge in [0.25, 0.3) is 0 Å². The van der Waals surface area contributed by atoms with Crippen LogP contribution in [0.3, 0.4) is 0 Å². The highest BCUT2D eigenvalue weighted by Gasteiger charge is 2.21. The van der Waals surface area contributed by atoms with Crippen LogP contribution in [-0.2, 0) is 22.4 Å². The number of nitrogens with zero attached hydrogens (tertiary/aromatic N) is 2. The Morgan fingerprint density at radius 1 is 1.46 bits per heavy atom. The minimum absolute atomic E-state index is 0. The molecule has 0 radical (unpaired) electrons. The number of thiophene rings is 1. The maximum absolute atomic E-state index is 5.75. The number of halogens is 1. The number of rotatable bonds is 9. The first-order chi connectivity index (χ1) is 13.3. The zero-order valence-corrected chi connectivity index (χ0v) is 20.3. The van der Waals surface area contributed by atoms with Gasteiger partial charge < -0.3 is 20.1 Å². The van der Waals surface area contributed by atoms with Crippen molar-refractivity contribution >= 4 is 41.3 Å². The molecule has 2 aliphatic heterocycles. The molecular formula is C20H35IN4O2S. The number of fused-ring (bicyclic) bond motifs is 1. The van der Waals surface area contributed by atoms with Crippen LogP contribution >= 0.6 is 35.3 Å². The molecule has 2 N–H and O–H groups in total. The van der Waals surface area contributed by atoms with Gasteiger partial charge in [0.15, 0.2) is 5.96 Å². The third kappa shape index (κ3) is 7.44. The maximum atomic E-state index is 5.75. The minimum Gasteiger partial charge on any atom is -0.381 e. The zero-order chi connectivity index (χ0) is 18.9. The average molecular weight is 522 g/mol. The molecule has 3 rings (SSSR count). The second-order valence-corrected chi connectivity index (χ2v) is 8.48. The van der Waals surface area contributed by atoms with Gasteiger partial charge in [0, 0.05) is 63.3 Å². The first-order valence-corrected chi connectivity index (χ1v) is 11.0. The van der Waals surface area contributed by atoms with E-state index in [-0.39, 0.29) is 24.0 Å². The van der Waals surface area contributed by atoms with Crippen LogP contribution in [0.1, 0.15) is 30.2 Å². The molecule has 0 aromatic carbocycles. The number of hydrogen-bond acceptors (Lipinski definition) is 5. The summed E-state index contributed by atoms with van der Waals surface area (Å²) < 4.78 is 11.1. The summed E-state index contributed by atoms with van der Waals surface area (Å²) in [5.41, 5.74) is 1.50. The van der Waals surface area contributed by atoms with Crippen LogP contribution in [0.4, 0.5) is 0 Å². The molecular weight excluding hydrogens is 487 g/mol. The van der Waals surface area contributed by atoms with Crippen LogP contribution < -0.4 is 10.6 Å². The number of ether oxygens (including phenoxy) is 2. The van der Waals surface area contributed by atoms with Gasteiger partial charge in [-0.2, -0.15) is 0 Å². The number of guanidine groups is 1. The highest BCUT2D eigenvalue weighted by atomic mass is 127. The standard InChI is InChI=1S/C20H34N4O2S.HI/c1-16(24-8-4-19-18(13-24)6-11-27-19)12-23-20(21-2)22-7-3-9-25-14-17-5-10-26-15-17;/h6,11,16-17H,3-5,7-10,12-15H2,1-2H3,(H2,21,22,23);1H. The van der Waals surface area contributed by atoms with Crippen LogP contribution in [0, 0.1) is 5.92 Å². The minimum atomic E-state index is 0. The molecule has 0 spiro atoms. The topological polar surface area (TPSA) is 58.1 Å². The molecule has 0 bridgehead atoms. The third-order valence-electron chi connectivity index (χ3n) is 5.38. The predicted octanol–water partition coefficient (Wildman–Crippen LogP) is 2.72. The van der Waals surface area contributed by atoms with Gasteiger partial charge in [0.2, 0.25) is 0 Å². The Morgan fingerprint density at radius 2 is 2.36 bits per heavy atom. The SMILES string of the molecule is CN=C(NCCCOCC1CCOC1)NCC(C)N1CCc2sccc2C1.I. The largest absolute Gasteiger partial charge is 0.381 e. The van der Waals surface area contributed by atoms with Crippen LogP contribution in [0.5, 0.6) is 0 Å². The van der Waals surface area contributed by atoms with Gasteiger partial charge in [0.05, 0.1) is 13.2 Å². The van der Waals surface area contributed by atoms with Crippen molar-refractivity contribution in [1.29, 1.82) is 0 Å². The van der Waals surface area contributed by atoms with E-state index in [9.17, 15) is 0 Å². The third-order valence-corrected chi connectivity index (χ3v) is 6.41. The van der Waals surface area contributed by atoms with Gasteiger partial charge in [-0.15, -0.1) is 35.3 Å². The number of aliphatic imine (C=N–C) groups is 1. The monoisotopic (exact) mass is 522 g/mol.